The number of carbonyl (C=O) groups excluding carboxylic acids is 1. The fraction of sp³-hybridized carbons (Fsp3) is 0.417. The Morgan fingerprint density at radius 3 is 2.59 bits per heavy atom. The number of nitrogens with zero attached hydrogens (tertiary/aromatic N) is 3. The molecule has 0 aliphatic heterocycles. The third-order valence-electron chi connectivity index (χ3n) is 5.05. The minimum absolute atomic E-state index is 0.0490. The number of aromatic nitrogens is 3. The van der Waals surface area contributed by atoms with Crippen molar-refractivity contribution in [3.8, 4) is 28.6 Å². The molecule has 1 aromatic carbocycles. The Morgan fingerprint density at radius 1 is 1.21 bits per heavy atom. The molecule has 1 unspecified atom stereocenters. The largest absolute Gasteiger partial charge is 0.489 e. The number of pyridine rings is 1. The molecule has 0 bridgehead atoms. The van der Waals surface area contributed by atoms with Gasteiger partial charge in [0.15, 0.2) is 0 Å². The van der Waals surface area contributed by atoms with Crippen LogP contribution in [0.25, 0.3) is 22.8 Å². The summed E-state index contributed by atoms with van der Waals surface area (Å²) < 4.78 is 11.1. The van der Waals surface area contributed by atoms with Crippen LogP contribution in [-0.4, -0.2) is 57.1 Å². The number of ether oxygens (including phenoxy) is 1. The average molecular weight is 489 g/mol. The predicted octanol–water partition coefficient (Wildman–Crippen LogP) is 3.12. The summed E-state index contributed by atoms with van der Waals surface area (Å²) in [5.41, 5.74) is 4.24. The highest BCUT2D eigenvalue weighted by Gasteiger charge is 2.17. The van der Waals surface area contributed by atoms with Gasteiger partial charge in [-0.3, -0.25) is 9.78 Å². The van der Waals surface area contributed by atoms with Crippen molar-refractivity contribution in [1.29, 1.82) is 0 Å². The molecule has 3 aromatic rings. The molecule has 0 spiro atoms. The number of benzene rings is 1. The number of amides is 1. The summed E-state index contributed by atoms with van der Waals surface area (Å²) in [5, 5.41) is 25.4. The van der Waals surface area contributed by atoms with Crippen LogP contribution in [0.5, 0.6) is 5.75 Å². The average Bonchev–Trinajstić information content (AvgIpc) is 3.28. The molecule has 2 aromatic heterocycles. The first kappa shape index (κ1) is 25.6. The van der Waals surface area contributed by atoms with Gasteiger partial charge in [0.05, 0.1) is 10.6 Å². The standard InChI is InChI=1S/C24H29ClN4O5/c1-13(2)5-20-14(3)6-17(9-26-20)24-28-23(29-34-24)16-7-15(4)22(19(25)8-16)33-12-18(31)10-27-21(32)11-30/h6-9,13,18,30-31H,5,10-12H2,1-4H3,(H,27,32). The number of rotatable bonds is 10. The molecule has 1 atom stereocenters. The lowest BCUT2D eigenvalue weighted by molar-refractivity contribution is -0.124. The number of nitrogens with one attached hydrogen (secondary N) is 1. The molecule has 2 heterocycles. The topological polar surface area (TPSA) is 131 Å². The van der Waals surface area contributed by atoms with Crippen molar-refractivity contribution in [2.45, 2.75) is 40.2 Å². The molecule has 0 saturated carbocycles. The molecule has 3 rings (SSSR count). The zero-order valence-corrected chi connectivity index (χ0v) is 20.4. The molecule has 0 aliphatic rings. The number of aliphatic hydroxyl groups is 2. The van der Waals surface area contributed by atoms with E-state index in [0.29, 0.717) is 34.0 Å². The van der Waals surface area contributed by atoms with Crippen LogP contribution in [0.3, 0.4) is 0 Å². The van der Waals surface area contributed by atoms with Crippen LogP contribution in [0.15, 0.2) is 28.9 Å². The lowest BCUT2D eigenvalue weighted by atomic mass is 10.0. The SMILES string of the molecule is Cc1cc(-c2nc(-c3cc(C)c(OCC(O)CNC(=O)CO)c(Cl)c3)no2)cnc1CC(C)C. The van der Waals surface area contributed by atoms with E-state index in [1.807, 2.05) is 26.0 Å². The van der Waals surface area contributed by atoms with Gasteiger partial charge >= 0.3 is 0 Å². The van der Waals surface area contributed by atoms with E-state index in [0.717, 1.165) is 28.8 Å². The number of carbonyl (C=O) groups is 1. The number of aliphatic hydroxyl groups excluding tert-OH is 2. The van der Waals surface area contributed by atoms with Crippen molar-refractivity contribution in [1.82, 2.24) is 20.4 Å². The van der Waals surface area contributed by atoms with E-state index in [-0.39, 0.29) is 13.2 Å². The van der Waals surface area contributed by atoms with Gasteiger partial charge in [-0.25, -0.2) is 0 Å². The molecule has 0 aliphatic carbocycles. The fourth-order valence-corrected chi connectivity index (χ4v) is 3.67. The Labute approximate surface area is 203 Å². The lowest BCUT2D eigenvalue weighted by Crippen LogP contribution is -2.36. The van der Waals surface area contributed by atoms with Crippen LogP contribution in [-0.2, 0) is 11.2 Å². The van der Waals surface area contributed by atoms with E-state index < -0.39 is 18.6 Å². The van der Waals surface area contributed by atoms with Gasteiger partial charge in [-0.2, -0.15) is 4.98 Å². The quantitative estimate of drug-likeness (QED) is 0.396. The maximum atomic E-state index is 11.1. The molecular formula is C24H29ClN4O5. The van der Waals surface area contributed by atoms with E-state index in [1.165, 1.54) is 0 Å². The summed E-state index contributed by atoms with van der Waals surface area (Å²) >= 11 is 6.42. The van der Waals surface area contributed by atoms with Gasteiger partial charge < -0.3 is 24.8 Å². The van der Waals surface area contributed by atoms with E-state index >= 15 is 0 Å². The maximum Gasteiger partial charge on any atom is 0.259 e. The van der Waals surface area contributed by atoms with Gasteiger partial charge in [-0.15, -0.1) is 0 Å². The highest BCUT2D eigenvalue weighted by Crippen LogP contribution is 2.34. The Kier molecular flexibility index (Phi) is 8.60. The van der Waals surface area contributed by atoms with E-state index in [1.54, 1.807) is 12.3 Å². The van der Waals surface area contributed by atoms with Crippen molar-refractivity contribution in [2.24, 2.45) is 5.92 Å². The van der Waals surface area contributed by atoms with Crippen LogP contribution in [0.1, 0.15) is 30.7 Å². The van der Waals surface area contributed by atoms with Crippen molar-refractivity contribution in [3.05, 3.63) is 46.2 Å². The maximum absolute atomic E-state index is 11.1. The normalized spacial score (nSPS) is 12.1. The number of halogens is 1. The van der Waals surface area contributed by atoms with Crippen LogP contribution in [0, 0.1) is 19.8 Å². The number of aryl methyl sites for hydroxylation is 2. The van der Waals surface area contributed by atoms with Gasteiger partial charge in [0.25, 0.3) is 5.89 Å². The van der Waals surface area contributed by atoms with Crippen LogP contribution in [0.2, 0.25) is 5.02 Å². The predicted molar refractivity (Wildman–Crippen MR) is 128 cm³/mol. The Hall–Kier alpha value is -3.01. The summed E-state index contributed by atoms with van der Waals surface area (Å²) in [7, 11) is 0. The summed E-state index contributed by atoms with van der Waals surface area (Å²) in [5.74, 6) is 1.09. The summed E-state index contributed by atoms with van der Waals surface area (Å²) in [6.45, 7) is 7.37. The molecular weight excluding hydrogens is 460 g/mol. The van der Waals surface area contributed by atoms with E-state index in [2.05, 4.69) is 34.3 Å². The summed E-state index contributed by atoms with van der Waals surface area (Å²) in [4.78, 5) is 20.1. The molecule has 0 fully saturated rings. The smallest absolute Gasteiger partial charge is 0.259 e. The molecule has 34 heavy (non-hydrogen) atoms. The van der Waals surface area contributed by atoms with Crippen molar-refractivity contribution < 1.29 is 24.3 Å². The van der Waals surface area contributed by atoms with Gasteiger partial charge in [0, 0.05) is 24.0 Å². The highest BCUT2D eigenvalue weighted by molar-refractivity contribution is 6.32. The Bertz CT molecular complexity index is 1130. The zero-order chi connectivity index (χ0) is 24.8. The van der Waals surface area contributed by atoms with Gasteiger partial charge in [0.2, 0.25) is 11.7 Å². The van der Waals surface area contributed by atoms with Gasteiger partial charge in [-0.05, 0) is 55.5 Å². The van der Waals surface area contributed by atoms with Crippen molar-refractivity contribution in [2.75, 3.05) is 19.8 Å². The van der Waals surface area contributed by atoms with Crippen LogP contribution < -0.4 is 10.1 Å². The first-order valence-electron chi connectivity index (χ1n) is 11.0. The van der Waals surface area contributed by atoms with Crippen molar-refractivity contribution in [3.63, 3.8) is 0 Å². The van der Waals surface area contributed by atoms with Crippen molar-refractivity contribution >= 4 is 17.5 Å². The molecule has 9 nitrogen and oxygen atoms in total. The van der Waals surface area contributed by atoms with Gasteiger partial charge in [-0.1, -0.05) is 30.6 Å². The summed E-state index contributed by atoms with van der Waals surface area (Å²) in [6.07, 6.45) is 1.68. The minimum atomic E-state index is -0.964. The Balaban J connectivity index is 1.72. The highest BCUT2D eigenvalue weighted by atomic mass is 35.5. The molecule has 3 N–H and O–H groups in total. The molecule has 10 heteroatoms. The first-order chi connectivity index (χ1) is 16.2. The number of hydrogen-bond donors (Lipinski definition) is 3. The second-order valence-corrected chi connectivity index (χ2v) is 8.95. The minimum Gasteiger partial charge on any atom is -0.489 e. The lowest BCUT2D eigenvalue weighted by Gasteiger charge is -2.16. The third kappa shape index (κ3) is 6.53. The third-order valence-corrected chi connectivity index (χ3v) is 5.33. The van der Waals surface area contributed by atoms with Crippen LogP contribution in [0.4, 0.5) is 0 Å². The van der Waals surface area contributed by atoms with Crippen LogP contribution >= 0.6 is 11.6 Å². The second-order valence-electron chi connectivity index (χ2n) is 8.54. The molecule has 0 saturated heterocycles. The molecule has 182 valence electrons. The monoisotopic (exact) mass is 488 g/mol. The second kappa shape index (κ2) is 11.4. The fourth-order valence-electron chi connectivity index (χ4n) is 3.35. The Morgan fingerprint density at radius 2 is 1.94 bits per heavy atom. The first-order valence-corrected chi connectivity index (χ1v) is 11.3. The summed E-state index contributed by atoms with van der Waals surface area (Å²) in [6, 6.07) is 5.46. The zero-order valence-electron chi connectivity index (χ0n) is 19.6. The molecule has 1 amide bonds. The van der Waals surface area contributed by atoms with E-state index in [9.17, 15) is 9.90 Å². The van der Waals surface area contributed by atoms with Gasteiger partial charge in [0.1, 0.15) is 25.1 Å². The van der Waals surface area contributed by atoms with E-state index in [4.69, 9.17) is 26.0 Å². The number of hydrogen-bond acceptors (Lipinski definition) is 8. The molecule has 0 radical (unpaired) electrons.